The molecule has 112 valence electrons. The molecule has 21 heavy (non-hydrogen) atoms. The first kappa shape index (κ1) is 14.8. The Balaban J connectivity index is 1.82. The Bertz CT molecular complexity index is 761. The lowest BCUT2D eigenvalue weighted by molar-refractivity contribution is 0.287. The van der Waals surface area contributed by atoms with Gasteiger partial charge in [-0.3, -0.25) is 4.90 Å². The number of para-hydroxylation sites is 1. The van der Waals surface area contributed by atoms with Crippen LogP contribution in [0.5, 0.6) is 0 Å². The highest BCUT2D eigenvalue weighted by atomic mass is 35.5. The van der Waals surface area contributed by atoms with E-state index >= 15 is 0 Å². The maximum absolute atomic E-state index is 11.6. The van der Waals surface area contributed by atoms with Crippen molar-refractivity contribution in [2.75, 3.05) is 24.6 Å². The second-order valence-corrected chi connectivity index (χ2v) is 8.07. The molecule has 6 heteroatoms. The summed E-state index contributed by atoms with van der Waals surface area (Å²) < 4.78 is 23.3. The minimum absolute atomic E-state index is 0.228. The predicted octanol–water partition coefficient (Wildman–Crippen LogP) is 2.51. The zero-order valence-electron chi connectivity index (χ0n) is 11.6. The number of halogens is 1. The molecule has 0 atom stereocenters. The average Bonchev–Trinajstić information content (AvgIpc) is 2.61. The number of hydrogen-bond acceptors (Lipinski definition) is 4. The topological polar surface area (TPSA) is 50.3 Å². The summed E-state index contributed by atoms with van der Waals surface area (Å²) in [5.41, 5.74) is 1.83. The van der Waals surface area contributed by atoms with Crippen LogP contribution in [0.4, 0.5) is 0 Å². The van der Waals surface area contributed by atoms with Gasteiger partial charge in [0.05, 0.1) is 17.0 Å². The summed E-state index contributed by atoms with van der Waals surface area (Å²) in [6.07, 6.45) is 0.682. The van der Waals surface area contributed by atoms with E-state index in [1.165, 1.54) is 0 Å². The van der Waals surface area contributed by atoms with E-state index in [1.54, 1.807) is 0 Å². The molecule has 1 aliphatic rings. The fourth-order valence-electron chi connectivity index (χ4n) is 2.64. The van der Waals surface area contributed by atoms with Gasteiger partial charge in [-0.1, -0.05) is 29.8 Å². The Morgan fingerprint density at radius 2 is 2.00 bits per heavy atom. The number of pyridine rings is 1. The number of aromatic nitrogens is 1. The van der Waals surface area contributed by atoms with Gasteiger partial charge in [0, 0.05) is 24.0 Å². The molecule has 0 N–H and O–H groups in total. The first-order valence-corrected chi connectivity index (χ1v) is 9.20. The third-order valence-electron chi connectivity index (χ3n) is 3.79. The molecule has 0 spiro atoms. The van der Waals surface area contributed by atoms with Gasteiger partial charge in [-0.25, -0.2) is 13.4 Å². The van der Waals surface area contributed by atoms with Crippen molar-refractivity contribution in [2.45, 2.75) is 13.0 Å². The summed E-state index contributed by atoms with van der Waals surface area (Å²) in [5, 5.41) is 1.56. The van der Waals surface area contributed by atoms with Gasteiger partial charge in [-0.2, -0.15) is 0 Å². The van der Waals surface area contributed by atoms with Crippen molar-refractivity contribution in [1.82, 2.24) is 9.88 Å². The molecule has 1 fully saturated rings. The largest absolute Gasteiger partial charge is 0.298 e. The Morgan fingerprint density at radius 1 is 1.19 bits per heavy atom. The van der Waals surface area contributed by atoms with E-state index in [1.807, 2.05) is 30.3 Å². The summed E-state index contributed by atoms with van der Waals surface area (Å²) in [5.74, 6) is 0.513. The molecule has 4 nitrogen and oxygen atoms in total. The van der Waals surface area contributed by atoms with Crippen LogP contribution in [0.2, 0.25) is 5.15 Å². The van der Waals surface area contributed by atoms with E-state index in [2.05, 4.69) is 9.88 Å². The van der Waals surface area contributed by atoms with E-state index in [0.29, 0.717) is 24.7 Å². The highest BCUT2D eigenvalue weighted by Crippen LogP contribution is 2.22. The monoisotopic (exact) mass is 324 g/mol. The van der Waals surface area contributed by atoms with Crippen LogP contribution >= 0.6 is 11.6 Å². The third kappa shape index (κ3) is 3.54. The standard InChI is InChI=1S/C15H17ClN2O2S/c16-15-13(10-12-4-1-2-5-14(12)17-15)11-18-6-3-8-21(19,20)9-7-18/h1-2,4-5,10H,3,6-9,11H2. The highest BCUT2D eigenvalue weighted by Gasteiger charge is 2.20. The molecular formula is C15H17ClN2O2S. The normalized spacial score (nSPS) is 19.5. The molecule has 3 rings (SSSR count). The highest BCUT2D eigenvalue weighted by molar-refractivity contribution is 7.91. The fourth-order valence-corrected chi connectivity index (χ4v) is 4.15. The van der Waals surface area contributed by atoms with Crippen LogP contribution in [-0.2, 0) is 16.4 Å². The number of hydrogen-bond donors (Lipinski definition) is 0. The number of fused-ring (bicyclic) bond motifs is 1. The van der Waals surface area contributed by atoms with Gasteiger partial charge in [-0.15, -0.1) is 0 Å². The Morgan fingerprint density at radius 3 is 2.86 bits per heavy atom. The van der Waals surface area contributed by atoms with Gasteiger partial charge >= 0.3 is 0 Å². The molecule has 1 saturated heterocycles. The lowest BCUT2D eigenvalue weighted by atomic mass is 10.1. The number of rotatable bonds is 2. The van der Waals surface area contributed by atoms with Gasteiger partial charge in [0.25, 0.3) is 0 Å². The lowest BCUT2D eigenvalue weighted by Gasteiger charge is -2.19. The molecule has 2 heterocycles. The van der Waals surface area contributed by atoms with Crippen LogP contribution in [0.25, 0.3) is 10.9 Å². The van der Waals surface area contributed by atoms with Crippen LogP contribution < -0.4 is 0 Å². The van der Waals surface area contributed by atoms with Crippen molar-refractivity contribution in [2.24, 2.45) is 0 Å². The molecule has 0 amide bonds. The number of benzene rings is 1. The van der Waals surface area contributed by atoms with E-state index in [9.17, 15) is 8.42 Å². The number of sulfone groups is 1. The number of nitrogens with zero attached hydrogens (tertiary/aromatic N) is 2. The first-order chi connectivity index (χ1) is 10.0. The fraction of sp³-hybridized carbons (Fsp3) is 0.400. The maximum atomic E-state index is 11.6. The molecule has 2 aromatic rings. The predicted molar refractivity (Wildman–Crippen MR) is 85.3 cm³/mol. The third-order valence-corrected chi connectivity index (χ3v) is 5.83. The minimum atomic E-state index is -2.88. The van der Waals surface area contributed by atoms with Crippen molar-refractivity contribution < 1.29 is 8.42 Å². The van der Waals surface area contributed by atoms with Crippen molar-refractivity contribution in [3.8, 4) is 0 Å². The minimum Gasteiger partial charge on any atom is -0.298 e. The molecule has 1 aliphatic heterocycles. The molecule has 0 aliphatic carbocycles. The van der Waals surface area contributed by atoms with Crippen molar-refractivity contribution >= 4 is 32.3 Å². The summed E-state index contributed by atoms with van der Waals surface area (Å²) in [4.78, 5) is 6.55. The summed E-state index contributed by atoms with van der Waals surface area (Å²) in [6, 6.07) is 9.90. The molecular weight excluding hydrogens is 308 g/mol. The SMILES string of the molecule is O=S1(=O)CCCN(Cc2cc3ccccc3nc2Cl)CC1. The van der Waals surface area contributed by atoms with Crippen molar-refractivity contribution in [3.05, 3.63) is 41.0 Å². The summed E-state index contributed by atoms with van der Waals surface area (Å²) in [6.45, 7) is 1.99. The van der Waals surface area contributed by atoms with Crippen molar-refractivity contribution in [3.63, 3.8) is 0 Å². The Kier molecular flexibility index (Phi) is 4.15. The van der Waals surface area contributed by atoms with Gasteiger partial charge in [0.15, 0.2) is 9.84 Å². The molecule has 0 bridgehead atoms. The molecule has 0 saturated carbocycles. The van der Waals surface area contributed by atoms with E-state index < -0.39 is 9.84 Å². The van der Waals surface area contributed by atoms with Gasteiger partial charge < -0.3 is 0 Å². The molecule has 1 aromatic carbocycles. The van der Waals surface area contributed by atoms with Crippen LogP contribution in [0, 0.1) is 0 Å². The molecule has 0 radical (unpaired) electrons. The average molecular weight is 325 g/mol. The van der Waals surface area contributed by atoms with Crippen LogP contribution in [0.1, 0.15) is 12.0 Å². The smallest absolute Gasteiger partial charge is 0.151 e. The van der Waals surface area contributed by atoms with Crippen LogP contribution in [0.3, 0.4) is 0 Å². The summed E-state index contributed by atoms with van der Waals surface area (Å²) in [7, 11) is -2.88. The second-order valence-electron chi connectivity index (χ2n) is 5.41. The van der Waals surface area contributed by atoms with E-state index in [0.717, 1.165) is 23.0 Å². The molecule has 0 unspecified atom stereocenters. The van der Waals surface area contributed by atoms with E-state index in [4.69, 9.17) is 11.6 Å². The Hall–Kier alpha value is -1.17. The second kappa shape index (κ2) is 5.91. The van der Waals surface area contributed by atoms with E-state index in [-0.39, 0.29) is 11.5 Å². The zero-order chi connectivity index (χ0) is 14.9. The Labute approximate surface area is 129 Å². The lowest BCUT2D eigenvalue weighted by Crippen LogP contribution is -2.26. The summed E-state index contributed by atoms with van der Waals surface area (Å²) >= 11 is 6.26. The molecule has 1 aromatic heterocycles. The quantitative estimate of drug-likeness (QED) is 0.796. The van der Waals surface area contributed by atoms with Crippen LogP contribution in [0.15, 0.2) is 30.3 Å². The first-order valence-electron chi connectivity index (χ1n) is 7.00. The van der Waals surface area contributed by atoms with Gasteiger partial charge in [0.2, 0.25) is 0 Å². The maximum Gasteiger partial charge on any atom is 0.151 e. The van der Waals surface area contributed by atoms with Crippen molar-refractivity contribution in [1.29, 1.82) is 0 Å². The zero-order valence-corrected chi connectivity index (χ0v) is 13.2. The van der Waals surface area contributed by atoms with Crippen LogP contribution in [-0.4, -0.2) is 42.9 Å². The van der Waals surface area contributed by atoms with Gasteiger partial charge in [0.1, 0.15) is 5.15 Å². The van der Waals surface area contributed by atoms with Gasteiger partial charge in [-0.05, 0) is 25.1 Å².